The molecule has 2 nitrogen and oxygen atoms in total. The van der Waals surface area contributed by atoms with E-state index in [2.05, 4.69) is 12.1 Å². The molecule has 0 saturated heterocycles. The highest BCUT2D eigenvalue weighted by molar-refractivity contribution is 5.86. The third kappa shape index (κ3) is 2.23. The van der Waals surface area contributed by atoms with Crippen LogP contribution in [0.1, 0.15) is 5.56 Å². The van der Waals surface area contributed by atoms with E-state index in [4.69, 9.17) is 9.84 Å². The Labute approximate surface area is 94.8 Å². The molecule has 2 heteroatoms. The molecule has 0 atom stereocenters. The normalized spacial score (nSPS) is 11.1. The zero-order valence-corrected chi connectivity index (χ0v) is 9.18. The molecule has 0 aliphatic heterocycles. The molecule has 0 radical (unpaired) electrons. The molecule has 0 aliphatic rings. The lowest BCUT2D eigenvalue weighted by atomic mass is 10.1. The fourth-order valence-corrected chi connectivity index (χ4v) is 1.66. The maximum absolute atomic E-state index is 8.71. The number of methoxy groups -OCH3 is 1. The summed E-state index contributed by atoms with van der Waals surface area (Å²) in [6.07, 6.45) is 3.63. The van der Waals surface area contributed by atoms with E-state index in [1.54, 1.807) is 13.2 Å². The minimum Gasteiger partial charge on any atom is -0.497 e. The van der Waals surface area contributed by atoms with E-state index in [0.29, 0.717) is 0 Å². The monoisotopic (exact) mass is 214 g/mol. The van der Waals surface area contributed by atoms with Gasteiger partial charge in [0.05, 0.1) is 13.7 Å². The van der Waals surface area contributed by atoms with Crippen LogP contribution in [0.5, 0.6) is 5.75 Å². The third-order valence-corrected chi connectivity index (χ3v) is 2.49. The molecule has 0 amide bonds. The average Bonchev–Trinajstić information content (AvgIpc) is 2.35. The van der Waals surface area contributed by atoms with Gasteiger partial charge in [0.25, 0.3) is 0 Å². The van der Waals surface area contributed by atoms with E-state index < -0.39 is 0 Å². The van der Waals surface area contributed by atoms with Crippen LogP contribution >= 0.6 is 0 Å². The molecule has 0 aliphatic carbocycles. The zero-order chi connectivity index (χ0) is 11.4. The SMILES string of the molecule is COc1ccc2cc(C=CCO)ccc2c1. The van der Waals surface area contributed by atoms with Crippen LogP contribution in [-0.2, 0) is 0 Å². The maximum atomic E-state index is 8.71. The Bertz CT molecular complexity index is 515. The maximum Gasteiger partial charge on any atom is 0.119 e. The zero-order valence-electron chi connectivity index (χ0n) is 9.18. The molecule has 2 rings (SSSR count). The molecule has 2 aromatic rings. The van der Waals surface area contributed by atoms with Gasteiger partial charge < -0.3 is 9.84 Å². The smallest absolute Gasteiger partial charge is 0.119 e. The highest BCUT2D eigenvalue weighted by Crippen LogP contribution is 2.22. The predicted molar refractivity (Wildman–Crippen MR) is 66.6 cm³/mol. The molecule has 2 aromatic carbocycles. The molecule has 0 bridgehead atoms. The Morgan fingerprint density at radius 1 is 1.12 bits per heavy atom. The summed E-state index contributed by atoms with van der Waals surface area (Å²) in [5.41, 5.74) is 1.09. The second-order valence-electron chi connectivity index (χ2n) is 3.56. The molecule has 16 heavy (non-hydrogen) atoms. The summed E-state index contributed by atoms with van der Waals surface area (Å²) < 4.78 is 5.17. The highest BCUT2D eigenvalue weighted by Gasteiger charge is 1.96. The minimum atomic E-state index is 0.0701. The minimum absolute atomic E-state index is 0.0701. The summed E-state index contributed by atoms with van der Waals surface area (Å²) in [7, 11) is 1.67. The third-order valence-electron chi connectivity index (χ3n) is 2.49. The first-order valence-electron chi connectivity index (χ1n) is 5.18. The van der Waals surface area contributed by atoms with Gasteiger partial charge in [0.15, 0.2) is 0 Å². The van der Waals surface area contributed by atoms with Gasteiger partial charge in [-0.3, -0.25) is 0 Å². The first-order chi connectivity index (χ1) is 7.83. The summed E-state index contributed by atoms with van der Waals surface area (Å²) in [5.74, 6) is 0.867. The number of aliphatic hydroxyl groups excluding tert-OH is 1. The number of benzene rings is 2. The quantitative estimate of drug-likeness (QED) is 0.851. The van der Waals surface area contributed by atoms with Crippen LogP contribution in [0.4, 0.5) is 0 Å². The van der Waals surface area contributed by atoms with E-state index in [9.17, 15) is 0 Å². The lowest BCUT2D eigenvalue weighted by Crippen LogP contribution is -1.82. The van der Waals surface area contributed by atoms with Crippen LogP contribution in [0, 0.1) is 0 Å². The fraction of sp³-hybridized carbons (Fsp3) is 0.143. The van der Waals surface area contributed by atoms with E-state index in [0.717, 1.165) is 16.7 Å². The average molecular weight is 214 g/mol. The van der Waals surface area contributed by atoms with E-state index >= 15 is 0 Å². The van der Waals surface area contributed by atoms with Gasteiger partial charge in [0, 0.05) is 0 Å². The van der Waals surface area contributed by atoms with Gasteiger partial charge in [-0.05, 0) is 34.5 Å². The first-order valence-corrected chi connectivity index (χ1v) is 5.18. The summed E-state index contributed by atoms with van der Waals surface area (Å²) in [4.78, 5) is 0. The summed E-state index contributed by atoms with van der Waals surface area (Å²) in [6.45, 7) is 0.0701. The molecule has 0 heterocycles. The molecular weight excluding hydrogens is 200 g/mol. The largest absolute Gasteiger partial charge is 0.497 e. The summed E-state index contributed by atoms with van der Waals surface area (Å²) in [5, 5.41) is 11.0. The van der Waals surface area contributed by atoms with Gasteiger partial charge in [-0.15, -0.1) is 0 Å². The van der Waals surface area contributed by atoms with Gasteiger partial charge in [-0.1, -0.05) is 30.4 Å². The predicted octanol–water partition coefficient (Wildman–Crippen LogP) is 2.85. The van der Waals surface area contributed by atoms with Gasteiger partial charge in [0.1, 0.15) is 5.75 Å². The topological polar surface area (TPSA) is 29.5 Å². The van der Waals surface area contributed by atoms with Crippen LogP contribution in [-0.4, -0.2) is 18.8 Å². The Morgan fingerprint density at radius 2 is 1.88 bits per heavy atom. The van der Waals surface area contributed by atoms with Crippen molar-refractivity contribution in [1.82, 2.24) is 0 Å². The summed E-state index contributed by atoms with van der Waals surface area (Å²) >= 11 is 0. The van der Waals surface area contributed by atoms with E-state index in [1.165, 1.54) is 5.39 Å². The van der Waals surface area contributed by atoms with Crippen LogP contribution in [0.3, 0.4) is 0 Å². The Morgan fingerprint density at radius 3 is 2.62 bits per heavy atom. The van der Waals surface area contributed by atoms with E-state index in [-0.39, 0.29) is 6.61 Å². The van der Waals surface area contributed by atoms with Gasteiger partial charge >= 0.3 is 0 Å². The van der Waals surface area contributed by atoms with Crippen molar-refractivity contribution >= 4 is 16.8 Å². The van der Waals surface area contributed by atoms with Crippen LogP contribution in [0.25, 0.3) is 16.8 Å². The molecular formula is C14H14O2. The molecule has 0 saturated carbocycles. The molecule has 0 aromatic heterocycles. The van der Waals surface area contributed by atoms with Crippen molar-refractivity contribution < 1.29 is 9.84 Å². The van der Waals surface area contributed by atoms with Gasteiger partial charge in [0.2, 0.25) is 0 Å². The van der Waals surface area contributed by atoms with Crippen molar-refractivity contribution in [1.29, 1.82) is 0 Å². The second kappa shape index (κ2) is 4.81. The summed E-state index contributed by atoms with van der Waals surface area (Å²) in [6, 6.07) is 12.1. The van der Waals surface area contributed by atoms with Crippen molar-refractivity contribution in [2.75, 3.05) is 13.7 Å². The fourth-order valence-electron chi connectivity index (χ4n) is 1.66. The molecule has 0 spiro atoms. The van der Waals surface area contributed by atoms with E-state index in [1.807, 2.05) is 30.3 Å². The van der Waals surface area contributed by atoms with Gasteiger partial charge in [-0.25, -0.2) is 0 Å². The molecule has 0 unspecified atom stereocenters. The first kappa shape index (κ1) is 10.7. The number of fused-ring (bicyclic) bond motifs is 1. The number of ether oxygens (including phenoxy) is 1. The van der Waals surface area contributed by atoms with Crippen molar-refractivity contribution in [2.45, 2.75) is 0 Å². The van der Waals surface area contributed by atoms with Crippen LogP contribution in [0.2, 0.25) is 0 Å². The van der Waals surface area contributed by atoms with Gasteiger partial charge in [-0.2, -0.15) is 0 Å². The second-order valence-corrected chi connectivity index (χ2v) is 3.56. The van der Waals surface area contributed by atoms with Crippen molar-refractivity contribution in [3.63, 3.8) is 0 Å². The number of aliphatic hydroxyl groups is 1. The Balaban J connectivity index is 2.43. The Kier molecular flexibility index (Phi) is 3.22. The number of hydrogen-bond acceptors (Lipinski definition) is 2. The van der Waals surface area contributed by atoms with Crippen LogP contribution < -0.4 is 4.74 Å². The molecule has 82 valence electrons. The lowest BCUT2D eigenvalue weighted by molar-refractivity contribution is 0.343. The van der Waals surface area contributed by atoms with Crippen molar-refractivity contribution in [2.24, 2.45) is 0 Å². The lowest BCUT2D eigenvalue weighted by Gasteiger charge is -2.03. The van der Waals surface area contributed by atoms with Crippen molar-refractivity contribution in [3.8, 4) is 5.75 Å². The molecule has 1 N–H and O–H groups in total. The Hall–Kier alpha value is -1.80. The number of rotatable bonds is 3. The highest BCUT2D eigenvalue weighted by atomic mass is 16.5. The van der Waals surface area contributed by atoms with Crippen LogP contribution in [0.15, 0.2) is 42.5 Å². The number of hydrogen-bond donors (Lipinski definition) is 1. The molecule has 0 fully saturated rings. The van der Waals surface area contributed by atoms with Crippen molar-refractivity contribution in [3.05, 3.63) is 48.0 Å². The standard InChI is InChI=1S/C14H14O2/c1-16-14-7-6-12-9-11(3-2-8-15)4-5-13(12)10-14/h2-7,9-10,15H,8H2,1H3.